The van der Waals surface area contributed by atoms with Crippen LogP contribution in [0.1, 0.15) is 5.56 Å². The summed E-state index contributed by atoms with van der Waals surface area (Å²) in [6.45, 7) is 0. The number of carbonyl (C=O) groups is 1. The second-order valence-corrected chi connectivity index (χ2v) is 6.52. The average Bonchev–Trinajstić information content (AvgIpc) is 2.77. The topological polar surface area (TPSA) is 33.2 Å². The van der Waals surface area contributed by atoms with E-state index in [0.29, 0.717) is 20.1 Å². The van der Waals surface area contributed by atoms with Crippen molar-refractivity contribution in [2.24, 2.45) is 0 Å². The van der Waals surface area contributed by atoms with Crippen molar-refractivity contribution in [1.82, 2.24) is 4.98 Å². The molecule has 3 nitrogen and oxygen atoms in total. The van der Waals surface area contributed by atoms with Gasteiger partial charge in [0.2, 0.25) is 0 Å². The summed E-state index contributed by atoms with van der Waals surface area (Å²) in [5.41, 5.74) is 0.728. The Morgan fingerprint density at radius 3 is 2.59 bits per heavy atom. The molecule has 1 aliphatic heterocycles. The van der Waals surface area contributed by atoms with E-state index in [4.69, 9.17) is 23.8 Å². The number of benzene rings is 1. The lowest BCUT2D eigenvalue weighted by atomic mass is 10.2. The van der Waals surface area contributed by atoms with E-state index in [1.165, 1.54) is 35.0 Å². The predicted octanol–water partition coefficient (Wildman–Crippen LogP) is 4.28. The summed E-state index contributed by atoms with van der Waals surface area (Å²) in [4.78, 5) is 18.4. The fraction of sp³-hybridized carbons (Fsp3) is 0. The van der Waals surface area contributed by atoms with Crippen LogP contribution in [-0.4, -0.2) is 15.2 Å². The van der Waals surface area contributed by atoms with Crippen LogP contribution in [0.3, 0.4) is 0 Å². The molecule has 1 aromatic heterocycles. The van der Waals surface area contributed by atoms with Crippen LogP contribution in [0.4, 0.5) is 10.2 Å². The molecule has 0 N–H and O–H groups in total. The molecule has 0 aliphatic carbocycles. The number of thioether (sulfide) groups is 1. The summed E-state index contributed by atoms with van der Waals surface area (Å²) >= 11 is 12.2. The molecular formula is C15H8ClFN2OS2. The van der Waals surface area contributed by atoms with Crippen molar-refractivity contribution >= 4 is 57.7 Å². The summed E-state index contributed by atoms with van der Waals surface area (Å²) in [6.07, 6.45) is 3.13. The zero-order valence-electron chi connectivity index (χ0n) is 11.0. The lowest BCUT2D eigenvalue weighted by Gasteiger charge is -2.12. The Morgan fingerprint density at radius 2 is 1.95 bits per heavy atom. The SMILES string of the molecule is O=C1/C(=C/c2ccc(F)cc2)SC(=S)N1c1ccc(Cl)cn1. The number of pyridine rings is 1. The second kappa shape index (κ2) is 6.16. The summed E-state index contributed by atoms with van der Waals surface area (Å²) < 4.78 is 13.3. The van der Waals surface area contributed by atoms with Crippen molar-refractivity contribution in [3.05, 3.63) is 63.9 Å². The van der Waals surface area contributed by atoms with Gasteiger partial charge in [-0.3, -0.25) is 4.79 Å². The fourth-order valence-electron chi connectivity index (χ4n) is 1.88. The molecule has 0 spiro atoms. The molecule has 0 radical (unpaired) electrons. The van der Waals surface area contributed by atoms with Gasteiger partial charge in [0.1, 0.15) is 11.6 Å². The number of thiocarbonyl (C=S) groups is 1. The van der Waals surface area contributed by atoms with Gasteiger partial charge in [-0.05, 0) is 35.9 Å². The third-order valence-corrected chi connectivity index (χ3v) is 4.43. The number of hydrogen-bond donors (Lipinski definition) is 0. The fourth-order valence-corrected chi connectivity index (χ4v) is 3.26. The Labute approximate surface area is 140 Å². The van der Waals surface area contributed by atoms with Crippen LogP contribution < -0.4 is 4.90 Å². The van der Waals surface area contributed by atoms with Gasteiger partial charge >= 0.3 is 0 Å². The molecule has 1 aliphatic rings. The molecule has 3 rings (SSSR count). The van der Waals surface area contributed by atoms with Gasteiger partial charge in [0.15, 0.2) is 4.32 Å². The molecule has 0 unspecified atom stereocenters. The number of hydrogen-bond acceptors (Lipinski definition) is 4. The van der Waals surface area contributed by atoms with Crippen LogP contribution in [0.25, 0.3) is 6.08 Å². The Morgan fingerprint density at radius 1 is 1.23 bits per heavy atom. The third kappa shape index (κ3) is 3.04. The quantitative estimate of drug-likeness (QED) is 0.598. The van der Waals surface area contributed by atoms with E-state index in [1.54, 1.807) is 30.3 Å². The highest BCUT2D eigenvalue weighted by Gasteiger charge is 2.34. The van der Waals surface area contributed by atoms with Crippen LogP contribution in [0.5, 0.6) is 0 Å². The second-order valence-electron chi connectivity index (χ2n) is 4.40. The highest BCUT2D eigenvalue weighted by Crippen LogP contribution is 2.35. The van der Waals surface area contributed by atoms with Gasteiger partial charge in [-0.1, -0.05) is 47.7 Å². The molecule has 1 fully saturated rings. The molecule has 0 bridgehead atoms. The lowest BCUT2D eigenvalue weighted by Crippen LogP contribution is -2.28. The minimum Gasteiger partial charge on any atom is -0.268 e. The molecule has 1 saturated heterocycles. The summed E-state index contributed by atoms with van der Waals surface area (Å²) in [7, 11) is 0. The highest BCUT2D eigenvalue weighted by molar-refractivity contribution is 8.27. The van der Waals surface area contributed by atoms with Gasteiger partial charge in [0.05, 0.1) is 9.93 Å². The zero-order chi connectivity index (χ0) is 15.7. The van der Waals surface area contributed by atoms with E-state index < -0.39 is 0 Å². The molecule has 22 heavy (non-hydrogen) atoms. The number of amides is 1. The van der Waals surface area contributed by atoms with Gasteiger partial charge in [-0.2, -0.15) is 0 Å². The Kier molecular flexibility index (Phi) is 4.24. The van der Waals surface area contributed by atoms with Gasteiger partial charge in [-0.15, -0.1) is 0 Å². The molecule has 1 amide bonds. The van der Waals surface area contributed by atoms with E-state index in [2.05, 4.69) is 4.98 Å². The predicted molar refractivity (Wildman–Crippen MR) is 91.3 cm³/mol. The average molecular weight is 351 g/mol. The van der Waals surface area contributed by atoms with Crippen LogP contribution >= 0.6 is 35.6 Å². The third-order valence-electron chi connectivity index (χ3n) is 2.90. The summed E-state index contributed by atoms with van der Waals surface area (Å²) in [5, 5.41) is 0.482. The van der Waals surface area contributed by atoms with E-state index >= 15 is 0 Å². The smallest absolute Gasteiger partial charge is 0.268 e. The Balaban J connectivity index is 1.91. The first kappa shape index (κ1) is 15.1. The largest absolute Gasteiger partial charge is 0.271 e. The van der Waals surface area contributed by atoms with Gasteiger partial charge in [-0.25, -0.2) is 14.3 Å². The monoisotopic (exact) mass is 350 g/mol. The van der Waals surface area contributed by atoms with E-state index in [0.717, 1.165) is 5.56 Å². The minimum absolute atomic E-state index is 0.255. The van der Waals surface area contributed by atoms with E-state index in [1.807, 2.05) is 0 Å². The first-order valence-electron chi connectivity index (χ1n) is 6.20. The standard InChI is InChI=1S/C15H8ClFN2OS2/c16-10-3-6-13(18-8-10)19-14(20)12(22-15(19)21)7-9-1-4-11(17)5-2-9/h1-8H/b12-7-. The molecular weight excluding hydrogens is 343 g/mol. The zero-order valence-corrected chi connectivity index (χ0v) is 13.4. The summed E-state index contributed by atoms with van der Waals surface area (Å²) in [6, 6.07) is 9.16. The molecule has 1 aromatic carbocycles. The number of aromatic nitrogens is 1. The van der Waals surface area contributed by atoms with Crippen molar-refractivity contribution in [2.45, 2.75) is 0 Å². The maximum Gasteiger partial charge on any atom is 0.271 e. The highest BCUT2D eigenvalue weighted by atomic mass is 35.5. The molecule has 7 heteroatoms. The van der Waals surface area contributed by atoms with Crippen LogP contribution in [0, 0.1) is 5.82 Å². The number of anilines is 1. The molecule has 2 aromatic rings. The number of rotatable bonds is 2. The minimum atomic E-state index is -0.324. The van der Waals surface area contributed by atoms with Gasteiger partial charge in [0, 0.05) is 6.20 Å². The normalized spacial score (nSPS) is 16.6. The lowest BCUT2D eigenvalue weighted by molar-refractivity contribution is -0.113. The van der Waals surface area contributed by atoms with E-state index in [9.17, 15) is 9.18 Å². The van der Waals surface area contributed by atoms with Crippen molar-refractivity contribution in [3.63, 3.8) is 0 Å². The molecule has 2 heterocycles. The molecule has 0 saturated carbocycles. The van der Waals surface area contributed by atoms with Gasteiger partial charge < -0.3 is 0 Å². The van der Waals surface area contributed by atoms with Crippen LogP contribution in [-0.2, 0) is 4.79 Å². The van der Waals surface area contributed by atoms with Gasteiger partial charge in [0.25, 0.3) is 5.91 Å². The number of halogens is 2. The van der Waals surface area contributed by atoms with Crippen molar-refractivity contribution < 1.29 is 9.18 Å². The number of nitrogens with zero attached hydrogens (tertiary/aromatic N) is 2. The summed E-state index contributed by atoms with van der Waals surface area (Å²) in [5.74, 6) is -0.154. The first-order valence-corrected chi connectivity index (χ1v) is 7.80. The molecule has 110 valence electrons. The van der Waals surface area contributed by atoms with E-state index in [-0.39, 0.29) is 11.7 Å². The Bertz CT molecular complexity index is 775. The van der Waals surface area contributed by atoms with Crippen molar-refractivity contribution in [1.29, 1.82) is 0 Å². The first-order chi connectivity index (χ1) is 10.5. The van der Waals surface area contributed by atoms with Crippen molar-refractivity contribution in [2.75, 3.05) is 4.90 Å². The maximum absolute atomic E-state index is 12.9. The maximum atomic E-state index is 12.9. The Hall–Kier alpha value is -1.76. The van der Waals surface area contributed by atoms with Crippen LogP contribution in [0.2, 0.25) is 5.02 Å². The van der Waals surface area contributed by atoms with Crippen LogP contribution in [0.15, 0.2) is 47.5 Å². The number of carbonyl (C=O) groups excluding carboxylic acids is 1. The van der Waals surface area contributed by atoms with Crippen molar-refractivity contribution in [3.8, 4) is 0 Å². The molecule has 0 atom stereocenters.